The van der Waals surface area contributed by atoms with Gasteiger partial charge in [0, 0.05) is 21.5 Å². The van der Waals surface area contributed by atoms with Crippen LogP contribution in [0.1, 0.15) is 59.5 Å². The predicted molar refractivity (Wildman–Crippen MR) is 86.7 cm³/mol. The van der Waals surface area contributed by atoms with Crippen molar-refractivity contribution < 1.29 is 4.79 Å². The third-order valence-corrected chi connectivity index (χ3v) is 4.43. The second-order valence-electron chi connectivity index (χ2n) is 5.90. The number of hydrogen-bond acceptors (Lipinski definition) is 3. The largest absolute Gasteiger partial charge is 0.330 e. The summed E-state index contributed by atoms with van der Waals surface area (Å²) >= 11 is 1.73. The molecule has 0 saturated heterocycles. The quantitative estimate of drug-likeness (QED) is 0.909. The van der Waals surface area contributed by atoms with Gasteiger partial charge in [-0.15, -0.1) is 11.3 Å². The number of carbonyl (C=O) groups is 1. The lowest BCUT2D eigenvalue weighted by atomic mass is 10.1. The molecule has 0 fully saturated rings. The summed E-state index contributed by atoms with van der Waals surface area (Å²) in [7, 11) is 0. The highest BCUT2D eigenvalue weighted by Crippen LogP contribution is 2.20. The number of aromatic nitrogens is 2. The van der Waals surface area contributed by atoms with Crippen molar-refractivity contribution in [1.82, 2.24) is 15.1 Å². The third kappa shape index (κ3) is 3.73. The fraction of sp³-hybridized carbons (Fsp3) is 0.500. The zero-order chi connectivity index (χ0) is 15.6. The Morgan fingerprint density at radius 2 is 2.05 bits per heavy atom. The first-order valence-corrected chi connectivity index (χ1v) is 8.11. The van der Waals surface area contributed by atoms with E-state index in [4.69, 9.17) is 0 Å². The number of rotatable bonds is 5. The van der Waals surface area contributed by atoms with E-state index in [1.54, 1.807) is 11.3 Å². The van der Waals surface area contributed by atoms with Crippen molar-refractivity contribution in [1.29, 1.82) is 0 Å². The zero-order valence-corrected chi connectivity index (χ0v) is 14.1. The van der Waals surface area contributed by atoms with Gasteiger partial charge in [-0.05, 0) is 44.9 Å². The number of carbonyl (C=O) groups excluding carboxylic acids is 1. The van der Waals surface area contributed by atoms with Crippen molar-refractivity contribution >= 4 is 17.2 Å². The Morgan fingerprint density at radius 3 is 2.52 bits per heavy atom. The second-order valence-corrected chi connectivity index (χ2v) is 7.27. The highest BCUT2D eigenvalue weighted by molar-refractivity contribution is 7.11. The molecule has 0 atom stereocenters. The summed E-state index contributed by atoms with van der Waals surface area (Å²) in [4.78, 5) is 17.0. The molecule has 0 aliphatic heterocycles. The lowest BCUT2D eigenvalue weighted by molar-refractivity contribution is 0.0686. The van der Waals surface area contributed by atoms with Crippen molar-refractivity contribution in [2.24, 2.45) is 0 Å². The van der Waals surface area contributed by atoms with E-state index in [9.17, 15) is 4.79 Å². The normalized spacial score (nSPS) is 11.4. The van der Waals surface area contributed by atoms with Gasteiger partial charge in [0.1, 0.15) is 5.69 Å². The number of aromatic amines is 1. The van der Waals surface area contributed by atoms with Gasteiger partial charge in [-0.1, -0.05) is 13.8 Å². The van der Waals surface area contributed by atoms with E-state index in [-0.39, 0.29) is 11.9 Å². The van der Waals surface area contributed by atoms with E-state index < -0.39 is 0 Å². The molecule has 1 amide bonds. The number of aryl methyl sites for hydroxylation is 1. The molecule has 1 N–H and O–H groups in total. The monoisotopic (exact) mass is 305 g/mol. The smallest absolute Gasteiger partial charge is 0.274 e. The van der Waals surface area contributed by atoms with Crippen LogP contribution in [0.2, 0.25) is 0 Å². The van der Waals surface area contributed by atoms with E-state index in [2.05, 4.69) is 43.1 Å². The summed E-state index contributed by atoms with van der Waals surface area (Å²) in [6, 6.07) is 6.18. The summed E-state index contributed by atoms with van der Waals surface area (Å²) < 4.78 is 0. The van der Waals surface area contributed by atoms with Gasteiger partial charge in [-0.3, -0.25) is 9.89 Å². The SMILES string of the molecule is Cc1ccc(CN(C(=O)c2cc(C(C)C)[nH]n2)C(C)C)s1. The van der Waals surface area contributed by atoms with Crippen molar-refractivity contribution in [3.63, 3.8) is 0 Å². The Morgan fingerprint density at radius 1 is 1.33 bits per heavy atom. The lowest BCUT2D eigenvalue weighted by Gasteiger charge is -2.25. The van der Waals surface area contributed by atoms with Crippen LogP contribution >= 0.6 is 11.3 Å². The molecular weight excluding hydrogens is 282 g/mol. The molecule has 0 unspecified atom stereocenters. The van der Waals surface area contributed by atoms with Crippen LogP contribution < -0.4 is 0 Å². The van der Waals surface area contributed by atoms with E-state index >= 15 is 0 Å². The zero-order valence-electron chi connectivity index (χ0n) is 13.3. The molecule has 2 aromatic rings. The molecule has 5 heteroatoms. The van der Waals surface area contributed by atoms with Gasteiger partial charge in [-0.25, -0.2) is 0 Å². The van der Waals surface area contributed by atoms with Crippen molar-refractivity contribution in [2.45, 2.75) is 53.1 Å². The molecule has 0 spiro atoms. The molecular formula is C16H23N3OS. The van der Waals surface area contributed by atoms with Crippen molar-refractivity contribution in [3.8, 4) is 0 Å². The van der Waals surface area contributed by atoms with Gasteiger partial charge in [0.05, 0.1) is 6.54 Å². The van der Waals surface area contributed by atoms with Crippen LogP contribution in [0.3, 0.4) is 0 Å². The molecule has 0 aromatic carbocycles. The number of nitrogens with zero attached hydrogens (tertiary/aromatic N) is 2. The maximum atomic E-state index is 12.7. The number of amides is 1. The number of nitrogens with one attached hydrogen (secondary N) is 1. The fourth-order valence-electron chi connectivity index (χ4n) is 2.12. The van der Waals surface area contributed by atoms with Crippen LogP contribution in [-0.4, -0.2) is 27.0 Å². The minimum Gasteiger partial charge on any atom is -0.330 e. The minimum absolute atomic E-state index is 0.0146. The van der Waals surface area contributed by atoms with Gasteiger partial charge in [-0.2, -0.15) is 5.10 Å². The molecule has 2 aromatic heterocycles. The first kappa shape index (κ1) is 15.8. The van der Waals surface area contributed by atoms with E-state index in [0.717, 1.165) is 5.69 Å². The maximum absolute atomic E-state index is 12.7. The Balaban J connectivity index is 2.18. The van der Waals surface area contributed by atoms with Crippen LogP contribution in [0.15, 0.2) is 18.2 Å². The van der Waals surface area contributed by atoms with Gasteiger partial charge in [0.2, 0.25) is 0 Å². The topological polar surface area (TPSA) is 49.0 Å². The van der Waals surface area contributed by atoms with Crippen LogP contribution in [0.5, 0.6) is 0 Å². The standard InChI is InChI=1S/C16H23N3OS/c1-10(2)14-8-15(18-17-14)16(20)19(11(3)4)9-13-7-6-12(5)21-13/h6-8,10-11H,9H2,1-5H3,(H,17,18). The number of hydrogen-bond donors (Lipinski definition) is 1. The molecule has 0 aliphatic rings. The fourth-order valence-corrected chi connectivity index (χ4v) is 3.01. The molecule has 21 heavy (non-hydrogen) atoms. The van der Waals surface area contributed by atoms with E-state index in [1.165, 1.54) is 9.75 Å². The molecule has 0 saturated carbocycles. The minimum atomic E-state index is -0.0146. The van der Waals surface area contributed by atoms with Gasteiger partial charge >= 0.3 is 0 Å². The number of H-pyrrole nitrogens is 1. The summed E-state index contributed by atoms with van der Waals surface area (Å²) in [6.45, 7) is 11.0. The first-order chi connectivity index (χ1) is 9.88. The average molecular weight is 305 g/mol. The Bertz CT molecular complexity index is 613. The average Bonchev–Trinajstić information content (AvgIpc) is 3.03. The Labute approximate surface area is 130 Å². The van der Waals surface area contributed by atoms with Crippen LogP contribution in [0, 0.1) is 6.92 Å². The van der Waals surface area contributed by atoms with Crippen molar-refractivity contribution in [2.75, 3.05) is 0 Å². The Kier molecular flexibility index (Phi) is 4.83. The van der Waals surface area contributed by atoms with Gasteiger partial charge in [0.15, 0.2) is 0 Å². The molecule has 0 bridgehead atoms. The van der Waals surface area contributed by atoms with Crippen LogP contribution in [0.25, 0.3) is 0 Å². The van der Waals surface area contributed by atoms with E-state index in [1.807, 2.05) is 24.8 Å². The molecule has 114 valence electrons. The Hall–Kier alpha value is -1.62. The molecule has 0 radical (unpaired) electrons. The summed E-state index contributed by atoms with van der Waals surface area (Å²) in [5, 5.41) is 7.13. The predicted octanol–water partition coefficient (Wildman–Crippen LogP) is 3.95. The second kappa shape index (κ2) is 6.43. The highest BCUT2D eigenvalue weighted by Gasteiger charge is 2.22. The summed E-state index contributed by atoms with van der Waals surface area (Å²) in [5.74, 6) is 0.325. The molecule has 2 heterocycles. The van der Waals surface area contributed by atoms with Crippen molar-refractivity contribution in [3.05, 3.63) is 39.3 Å². The molecule has 2 rings (SSSR count). The number of thiophene rings is 1. The van der Waals surface area contributed by atoms with E-state index in [0.29, 0.717) is 18.2 Å². The molecule has 0 aliphatic carbocycles. The van der Waals surface area contributed by atoms with Crippen LogP contribution in [0.4, 0.5) is 0 Å². The lowest BCUT2D eigenvalue weighted by Crippen LogP contribution is -2.36. The highest BCUT2D eigenvalue weighted by atomic mass is 32.1. The van der Waals surface area contributed by atoms with Gasteiger partial charge < -0.3 is 4.90 Å². The van der Waals surface area contributed by atoms with Gasteiger partial charge in [0.25, 0.3) is 5.91 Å². The maximum Gasteiger partial charge on any atom is 0.274 e. The third-order valence-electron chi connectivity index (χ3n) is 3.45. The first-order valence-electron chi connectivity index (χ1n) is 7.30. The summed E-state index contributed by atoms with van der Waals surface area (Å²) in [5.41, 5.74) is 1.50. The summed E-state index contributed by atoms with van der Waals surface area (Å²) in [6.07, 6.45) is 0. The van der Waals surface area contributed by atoms with Crippen LogP contribution in [-0.2, 0) is 6.54 Å². The molecule has 4 nitrogen and oxygen atoms in total.